The summed E-state index contributed by atoms with van der Waals surface area (Å²) in [5.74, 6) is 0.0160. The summed E-state index contributed by atoms with van der Waals surface area (Å²) in [5.41, 5.74) is 2.35. The Balaban J connectivity index is 2.07. The molecule has 2 rings (SSSR count). The van der Waals surface area contributed by atoms with Crippen molar-refractivity contribution in [3.05, 3.63) is 35.4 Å². The first kappa shape index (κ1) is 12.5. The number of hydrogen-bond donors (Lipinski definition) is 1. The maximum atomic E-state index is 11.8. The number of aryl methyl sites for hydroxylation is 1. The molecule has 1 aliphatic rings. The number of benzene rings is 1. The second kappa shape index (κ2) is 5.16. The van der Waals surface area contributed by atoms with Crippen molar-refractivity contribution < 1.29 is 13.2 Å². The molecule has 0 spiro atoms. The number of fused-ring (bicyclic) bond motifs is 1. The Morgan fingerprint density at radius 3 is 2.94 bits per heavy atom. The summed E-state index contributed by atoms with van der Waals surface area (Å²) < 4.78 is 31.1. The molecule has 0 bridgehead atoms. The van der Waals surface area contributed by atoms with Crippen LogP contribution in [0.15, 0.2) is 24.3 Å². The van der Waals surface area contributed by atoms with Crippen LogP contribution < -0.4 is 4.72 Å². The van der Waals surface area contributed by atoms with E-state index in [0.717, 1.165) is 18.4 Å². The predicted octanol–water partition coefficient (Wildman–Crippen LogP) is 1.24. The van der Waals surface area contributed by atoms with Gasteiger partial charge in [-0.3, -0.25) is 0 Å². The number of rotatable bonds is 5. The van der Waals surface area contributed by atoms with Crippen molar-refractivity contribution in [3.8, 4) is 0 Å². The molecular weight excluding hydrogens is 238 g/mol. The molecule has 0 saturated heterocycles. The SMILES string of the molecule is COCCS(=O)(=O)NC1CCc2ccccc21. The normalized spacial score (nSPS) is 19.2. The predicted molar refractivity (Wildman–Crippen MR) is 66.3 cm³/mol. The lowest BCUT2D eigenvalue weighted by molar-refractivity contribution is 0.216. The van der Waals surface area contributed by atoms with E-state index in [2.05, 4.69) is 10.8 Å². The highest BCUT2D eigenvalue weighted by Gasteiger charge is 2.25. The first-order valence-corrected chi connectivity index (χ1v) is 7.34. The van der Waals surface area contributed by atoms with Crippen LogP contribution in [0.25, 0.3) is 0 Å². The van der Waals surface area contributed by atoms with Gasteiger partial charge in [-0.25, -0.2) is 13.1 Å². The number of nitrogens with one attached hydrogen (secondary N) is 1. The Morgan fingerprint density at radius 2 is 2.18 bits per heavy atom. The van der Waals surface area contributed by atoms with Gasteiger partial charge in [-0.2, -0.15) is 0 Å². The third-order valence-electron chi connectivity index (χ3n) is 3.01. The Hall–Kier alpha value is -0.910. The van der Waals surface area contributed by atoms with Crippen molar-refractivity contribution >= 4 is 10.0 Å². The minimum atomic E-state index is -3.24. The molecule has 1 N–H and O–H groups in total. The van der Waals surface area contributed by atoms with E-state index in [0.29, 0.717) is 0 Å². The third-order valence-corrected chi connectivity index (χ3v) is 4.36. The van der Waals surface area contributed by atoms with Gasteiger partial charge in [0.2, 0.25) is 10.0 Å². The van der Waals surface area contributed by atoms with Crippen molar-refractivity contribution in [1.82, 2.24) is 4.72 Å². The Kier molecular flexibility index (Phi) is 3.81. The molecule has 0 radical (unpaired) electrons. The van der Waals surface area contributed by atoms with Gasteiger partial charge in [0.1, 0.15) is 0 Å². The Labute approximate surface area is 102 Å². The van der Waals surface area contributed by atoms with Crippen LogP contribution in [0.3, 0.4) is 0 Å². The van der Waals surface area contributed by atoms with E-state index in [-0.39, 0.29) is 18.4 Å². The minimum Gasteiger partial charge on any atom is -0.384 e. The van der Waals surface area contributed by atoms with Gasteiger partial charge in [0, 0.05) is 13.2 Å². The third kappa shape index (κ3) is 3.06. The molecule has 94 valence electrons. The lowest BCUT2D eigenvalue weighted by atomic mass is 10.1. The van der Waals surface area contributed by atoms with Gasteiger partial charge in [-0.1, -0.05) is 24.3 Å². The summed E-state index contributed by atoms with van der Waals surface area (Å²) in [7, 11) is -1.74. The molecule has 1 aromatic rings. The average Bonchev–Trinajstić information content (AvgIpc) is 2.70. The number of ether oxygens (including phenoxy) is 1. The van der Waals surface area contributed by atoms with Crippen molar-refractivity contribution in [2.24, 2.45) is 0 Å². The van der Waals surface area contributed by atoms with Crippen LogP contribution in [0.5, 0.6) is 0 Å². The number of hydrogen-bond acceptors (Lipinski definition) is 3. The summed E-state index contributed by atoms with van der Waals surface area (Å²) in [6.07, 6.45) is 1.78. The van der Waals surface area contributed by atoms with Crippen molar-refractivity contribution in [2.45, 2.75) is 18.9 Å². The zero-order chi connectivity index (χ0) is 12.3. The molecule has 0 saturated carbocycles. The van der Waals surface area contributed by atoms with Crippen LogP contribution in [-0.4, -0.2) is 27.9 Å². The van der Waals surface area contributed by atoms with Crippen molar-refractivity contribution in [3.63, 3.8) is 0 Å². The lowest BCUT2D eigenvalue weighted by Crippen LogP contribution is -2.31. The van der Waals surface area contributed by atoms with Crippen LogP contribution in [-0.2, 0) is 21.2 Å². The van der Waals surface area contributed by atoms with Gasteiger partial charge in [0.05, 0.1) is 12.4 Å². The molecule has 1 aromatic carbocycles. The van der Waals surface area contributed by atoms with E-state index in [1.54, 1.807) is 0 Å². The van der Waals surface area contributed by atoms with Crippen molar-refractivity contribution in [1.29, 1.82) is 0 Å². The summed E-state index contributed by atoms with van der Waals surface area (Å²) in [5, 5.41) is 0. The van der Waals surface area contributed by atoms with E-state index in [1.165, 1.54) is 12.7 Å². The van der Waals surface area contributed by atoms with Gasteiger partial charge >= 0.3 is 0 Å². The molecule has 1 aliphatic carbocycles. The number of methoxy groups -OCH3 is 1. The standard InChI is InChI=1S/C12H17NO3S/c1-16-8-9-17(14,15)13-12-7-6-10-4-2-3-5-11(10)12/h2-5,12-13H,6-9H2,1H3. The van der Waals surface area contributed by atoms with Crippen LogP contribution in [0.2, 0.25) is 0 Å². The van der Waals surface area contributed by atoms with Gasteiger partial charge < -0.3 is 4.74 Å². The number of sulfonamides is 1. The summed E-state index contributed by atoms with van der Waals surface area (Å²) in [6, 6.07) is 7.90. The van der Waals surface area contributed by atoms with Gasteiger partial charge in [-0.05, 0) is 24.0 Å². The molecule has 1 atom stereocenters. The highest BCUT2D eigenvalue weighted by atomic mass is 32.2. The quantitative estimate of drug-likeness (QED) is 0.861. The zero-order valence-electron chi connectivity index (χ0n) is 9.85. The van der Waals surface area contributed by atoms with Crippen LogP contribution >= 0.6 is 0 Å². The van der Waals surface area contributed by atoms with Gasteiger partial charge in [0.15, 0.2) is 0 Å². The maximum Gasteiger partial charge on any atom is 0.214 e. The molecule has 17 heavy (non-hydrogen) atoms. The topological polar surface area (TPSA) is 55.4 Å². The largest absolute Gasteiger partial charge is 0.384 e. The first-order valence-electron chi connectivity index (χ1n) is 5.69. The summed E-state index contributed by atoms with van der Waals surface area (Å²) >= 11 is 0. The fourth-order valence-electron chi connectivity index (χ4n) is 2.15. The maximum absolute atomic E-state index is 11.8. The molecular formula is C12H17NO3S. The Bertz CT molecular complexity index is 484. The lowest BCUT2D eigenvalue weighted by Gasteiger charge is -2.14. The van der Waals surface area contributed by atoms with Crippen LogP contribution in [0.4, 0.5) is 0 Å². The first-order chi connectivity index (χ1) is 8.12. The fraction of sp³-hybridized carbons (Fsp3) is 0.500. The van der Waals surface area contributed by atoms with E-state index >= 15 is 0 Å². The molecule has 4 nitrogen and oxygen atoms in total. The molecule has 0 heterocycles. The highest BCUT2D eigenvalue weighted by molar-refractivity contribution is 7.89. The second-order valence-corrected chi connectivity index (χ2v) is 6.09. The van der Waals surface area contributed by atoms with Crippen molar-refractivity contribution in [2.75, 3.05) is 19.5 Å². The summed E-state index contributed by atoms with van der Waals surface area (Å²) in [4.78, 5) is 0. The zero-order valence-corrected chi connectivity index (χ0v) is 10.7. The smallest absolute Gasteiger partial charge is 0.214 e. The van der Waals surface area contributed by atoms with Crippen LogP contribution in [0.1, 0.15) is 23.6 Å². The summed E-state index contributed by atoms with van der Waals surface area (Å²) in [6.45, 7) is 0.226. The molecule has 0 aliphatic heterocycles. The molecule has 1 unspecified atom stereocenters. The molecule has 0 amide bonds. The van der Waals surface area contributed by atoms with E-state index in [9.17, 15) is 8.42 Å². The van der Waals surface area contributed by atoms with Crippen LogP contribution in [0, 0.1) is 0 Å². The Morgan fingerprint density at radius 1 is 1.41 bits per heavy atom. The minimum absolute atomic E-state index is 0.0160. The molecule has 5 heteroatoms. The van der Waals surface area contributed by atoms with Gasteiger partial charge in [-0.15, -0.1) is 0 Å². The van der Waals surface area contributed by atoms with E-state index < -0.39 is 10.0 Å². The molecule has 0 aromatic heterocycles. The van der Waals surface area contributed by atoms with Gasteiger partial charge in [0.25, 0.3) is 0 Å². The molecule has 0 fully saturated rings. The highest BCUT2D eigenvalue weighted by Crippen LogP contribution is 2.31. The fourth-order valence-corrected chi connectivity index (χ4v) is 3.33. The van der Waals surface area contributed by atoms with E-state index in [1.807, 2.05) is 18.2 Å². The second-order valence-electron chi connectivity index (χ2n) is 4.22. The monoisotopic (exact) mass is 255 g/mol. The average molecular weight is 255 g/mol. The van der Waals surface area contributed by atoms with E-state index in [4.69, 9.17) is 4.74 Å².